The molecule has 0 spiro atoms. The quantitative estimate of drug-likeness (QED) is 0.501. The molecule has 0 amide bonds. The average molecular weight is 387 g/mol. The summed E-state index contributed by atoms with van der Waals surface area (Å²) in [5.74, 6) is 0.476. The van der Waals surface area contributed by atoms with E-state index in [9.17, 15) is 4.79 Å². The van der Waals surface area contributed by atoms with Crippen LogP contribution in [0.3, 0.4) is 0 Å². The van der Waals surface area contributed by atoms with Crippen molar-refractivity contribution < 1.29 is 4.74 Å². The van der Waals surface area contributed by atoms with E-state index in [-0.39, 0.29) is 11.2 Å². The second-order valence-electron chi connectivity index (χ2n) is 7.03. The summed E-state index contributed by atoms with van der Waals surface area (Å²) in [5, 5.41) is 9.49. The second kappa shape index (κ2) is 5.39. The molecule has 8 heteroatoms. The summed E-state index contributed by atoms with van der Waals surface area (Å²) in [6.45, 7) is 4.61. The van der Waals surface area contributed by atoms with E-state index in [1.54, 1.807) is 34.4 Å². The van der Waals surface area contributed by atoms with Crippen molar-refractivity contribution in [3.63, 3.8) is 0 Å². The highest BCUT2D eigenvalue weighted by Crippen LogP contribution is 2.38. The Balaban J connectivity index is 1.93. The molecule has 0 bridgehead atoms. The molecule has 0 aliphatic carbocycles. The fourth-order valence-corrected chi connectivity index (χ4v) is 4.88. The Morgan fingerprint density at radius 3 is 3.00 bits per heavy atom. The first-order valence-electron chi connectivity index (χ1n) is 8.23. The lowest BCUT2D eigenvalue weighted by Gasteiger charge is -2.29. The minimum atomic E-state index is -0.295. The van der Waals surface area contributed by atoms with Gasteiger partial charge in [-0.15, -0.1) is 21.5 Å². The minimum Gasteiger partial charge on any atom is -0.370 e. The van der Waals surface area contributed by atoms with Crippen LogP contribution in [0.25, 0.3) is 21.7 Å². The van der Waals surface area contributed by atoms with E-state index in [1.165, 1.54) is 0 Å². The van der Waals surface area contributed by atoms with Crippen molar-refractivity contribution in [2.45, 2.75) is 32.5 Å². The van der Waals surface area contributed by atoms with Gasteiger partial charge in [-0.3, -0.25) is 9.20 Å². The Morgan fingerprint density at radius 1 is 1.35 bits per heavy atom. The van der Waals surface area contributed by atoms with Crippen molar-refractivity contribution in [3.05, 3.63) is 56.4 Å². The molecule has 0 radical (unpaired) electrons. The molecule has 0 N–H and O–H groups in total. The standard InChI is InChI=1S/C18H15ClN4O2S/c1-18(2)7-12-13(8-25-18)26-16-14(12)15(24)23(17-21-20-9-22(16)17)11-5-3-4-10(19)6-11/h3-6,9H,7-8H2,1-2H3. The van der Waals surface area contributed by atoms with Crippen LogP contribution in [0.5, 0.6) is 0 Å². The van der Waals surface area contributed by atoms with Gasteiger partial charge in [-0.25, -0.2) is 4.57 Å². The number of hydrogen-bond donors (Lipinski definition) is 0. The molecule has 4 aromatic rings. The molecule has 26 heavy (non-hydrogen) atoms. The van der Waals surface area contributed by atoms with Crippen LogP contribution in [0.4, 0.5) is 0 Å². The van der Waals surface area contributed by atoms with Gasteiger partial charge < -0.3 is 4.74 Å². The molecule has 4 heterocycles. The van der Waals surface area contributed by atoms with E-state index < -0.39 is 0 Å². The van der Waals surface area contributed by atoms with Crippen molar-refractivity contribution in [2.24, 2.45) is 0 Å². The van der Waals surface area contributed by atoms with Crippen LogP contribution in [0.15, 0.2) is 35.4 Å². The van der Waals surface area contributed by atoms with Crippen LogP contribution in [-0.4, -0.2) is 24.8 Å². The summed E-state index contributed by atoms with van der Waals surface area (Å²) in [6.07, 6.45) is 2.34. The van der Waals surface area contributed by atoms with Crippen molar-refractivity contribution in [1.82, 2.24) is 19.2 Å². The molecule has 5 rings (SSSR count). The second-order valence-corrected chi connectivity index (χ2v) is 8.55. The van der Waals surface area contributed by atoms with E-state index in [0.717, 1.165) is 15.3 Å². The maximum absolute atomic E-state index is 13.5. The van der Waals surface area contributed by atoms with Crippen molar-refractivity contribution in [2.75, 3.05) is 0 Å². The number of aromatic nitrogens is 4. The molecule has 0 fully saturated rings. The van der Waals surface area contributed by atoms with Gasteiger partial charge in [-0.1, -0.05) is 17.7 Å². The van der Waals surface area contributed by atoms with Gasteiger partial charge in [0.2, 0.25) is 5.78 Å². The third-order valence-corrected chi connectivity index (χ3v) is 6.14. The maximum Gasteiger partial charge on any atom is 0.268 e. The SMILES string of the molecule is CC1(C)Cc2c(sc3c2c(=O)n(-c2cccc(Cl)c2)c2nncn32)CO1. The van der Waals surface area contributed by atoms with Crippen LogP contribution in [0.1, 0.15) is 24.3 Å². The average Bonchev–Trinajstić information content (AvgIpc) is 3.18. The summed E-state index contributed by atoms with van der Waals surface area (Å²) in [5.41, 5.74) is 1.35. The van der Waals surface area contributed by atoms with E-state index >= 15 is 0 Å². The van der Waals surface area contributed by atoms with Gasteiger partial charge in [-0.2, -0.15) is 0 Å². The zero-order valence-corrected chi connectivity index (χ0v) is 15.8. The Morgan fingerprint density at radius 2 is 2.19 bits per heavy atom. The fraction of sp³-hybridized carbons (Fsp3) is 0.278. The van der Waals surface area contributed by atoms with Gasteiger partial charge in [0, 0.05) is 16.3 Å². The number of nitrogens with zero attached hydrogens (tertiary/aromatic N) is 4. The lowest BCUT2D eigenvalue weighted by atomic mass is 9.94. The van der Waals surface area contributed by atoms with Crippen LogP contribution >= 0.6 is 22.9 Å². The summed E-state index contributed by atoms with van der Waals surface area (Å²) in [7, 11) is 0. The Kier molecular flexibility index (Phi) is 3.31. The molecule has 0 saturated heterocycles. The molecular weight excluding hydrogens is 372 g/mol. The van der Waals surface area contributed by atoms with Crippen molar-refractivity contribution in [3.8, 4) is 5.69 Å². The molecule has 0 atom stereocenters. The Bertz CT molecular complexity index is 1240. The number of hydrogen-bond acceptors (Lipinski definition) is 5. The highest BCUT2D eigenvalue weighted by molar-refractivity contribution is 7.18. The lowest BCUT2D eigenvalue weighted by Crippen LogP contribution is -2.32. The number of rotatable bonds is 1. The summed E-state index contributed by atoms with van der Waals surface area (Å²) >= 11 is 7.72. The third-order valence-electron chi connectivity index (χ3n) is 4.70. The first-order valence-corrected chi connectivity index (χ1v) is 9.43. The third kappa shape index (κ3) is 2.24. The van der Waals surface area contributed by atoms with Gasteiger partial charge in [0.1, 0.15) is 11.2 Å². The summed E-state index contributed by atoms with van der Waals surface area (Å²) < 4.78 is 9.38. The zero-order valence-electron chi connectivity index (χ0n) is 14.2. The van der Waals surface area contributed by atoms with Gasteiger partial charge in [-0.05, 0) is 37.6 Å². The largest absolute Gasteiger partial charge is 0.370 e. The highest BCUT2D eigenvalue weighted by atomic mass is 35.5. The van der Waals surface area contributed by atoms with Crippen LogP contribution < -0.4 is 5.56 Å². The molecule has 1 aliphatic heterocycles. The zero-order chi connectivity index (χ0) is 18.1. The van der Waals surface area contributed by atoms with Crippen LogP contribution in [0.2, 0.25) is 5.02 Å². The van der Waals surface area contributed by atoms with E-state index in [4.69, 9.17) is 16.3 Å². The molecule has 0 saturated carbocycles. The van der Waals surface area contributed by atoms with E-state index in [0.29, 0.717) is 34.9 Å². The maximum atomic E-state index is 13.5. The van der Waals surface area contributed by atoms with Crippen molar-refractivity contribution in [1.29, 1.82) is 0 Å². The van der Waals surface area contributed by atoms with Crippen molar-refractivity contribution >= 4 is 38.9 Å². The predicted molar refractivity (Wildman–Crippen MR) is 102 cm³/mol. The fourth-order valence-electron chi connectivity index (χ4n) is 3.50. The first kappa shape index (κ1) is 16.0. The van der Waals surface area contributed by atoms with Crippen LogP contribution in [0, 0.1) is 0 Å². The molecule has 3 aromatic heterocycles. The predicted octanol–water partition coefficient (Wildman–Crippen LogP) is 3.60. The van der Waals surface area contributed by atoms with Gasteiger partial charge in [0.25, 0.3) is 5.56 Å². The number of halogens is 1. The molecule has 1 aliphatic rings. The monoisotopic (exact) mass is 386 g/mol. The summed E-state index contributed by atoms with van der Waals surface area (Å²) in [6, 6.07) is 7.21. The molecule has 1 aromatic carbocycles. The molecule has 6 nitrogen and oxygen atoms in total. The highest BCUT2D eigenvalue weighted by Gasteiger charge is 2.31. The van der Waals surface area contributed by atoms with E-state index in [2.05, 4.69) is 10.2 Å². The topological polar surface area (TPSA) is 61.4 Å². The lowest BCUT2D eigenvalue weighted by molar-refractivity contribution is -0.0379. The number of thiophene rings is 1. The van der Waals surface area contributed by atoms with Gasteiger partial charge in [0.05, 0.1) is 23.3 Å². The Labute approximate surface area is 157 Å². The molecule has 132 valence electrons. The Hall–Kier alpha value is -2.22. The number of ether oxygens (including phenoxy) is 1. The van der Waals surface area contributed by atoms with E-state index in [1.807, 2.05) is 30.4 Å². The van der Waals surface area contributed by atoms with Gasteiger partial charge in [0.15, 0.2) is 0 Å². The van der Waals surface area contributed by atoms with Crippen LogP contribution in [-0.2, 0) is 17.8 Å². The number of fused-ring (bicyclic) bond motifs is 5. The molecule has 0 unspecified atom stereocenters. The first-order chi connectivity index (χ1) is 12.4. The smallest absolute Gasteiger partial charge is 0.268 e. The van der Waals surface area contributed by atoms with Gasteiger partial charge >= 0.3 is 0 Å². The molecular formula is C18H15ClN4O2S. The normalized spacial score (nSPS) is 16.3. The number of benzene rings is 1. The summed E-state index contributed by atoms with van der Waals surface area (Å²) in [4.78, 5) is 15.5. The minimum absolute atomic E-state index is 0.0991.